The zero-order valence-corrected chi connectivity index (χ0v) is 8.06. The fourth-order valence-electron chi connectivity index (χ4n) is 1.00. The summed E-state index contributed by atoms with van der Waals surface area (Å²) in [5.74, 6) is -0.827. The summed E-state index contributed by atoms with van der Waals surface area (Å²) in [7, 11) is 1.22. The zero-order valence-electron chi connectivity index (χ0n) is 8.06. The average Bonchev–Trinajstić information content (AvgIpc) is 1.79. The first-order valence-corrected chi connectivity index (χ1v) is 3.89. The van der Waals surface area contributed by atoms with Crippen molar-refractivity contribution in [2.45, 2.75) is 18.6 Å². The van der Waals surface area contributed by atoms with Crippen LogP contribution in [0.1, 0.15) is 6.92 Å². The summed E-state index contributed by atoms with van der Waals surface area (Å²) in [5.41, 5.74) is 8.86. The molecule has 4 nitrogen and oxygen atoms in total. The van der Waals surface area contributed by atoms with E-state index in [1.807, 2.05) is 0 Å². The first kappa shape index (κ1) is 13.2. The van der Waals surface area contributed by atoms with Crippen LogP contribution in [0, 0.1) is 0 Å². The number of primary amides is 1. The zero-order chi connectivity index (χ0) is 11.6. The minimum absolute atomic E-state index is 0.234. The number of nitrogens with two attached hydrogens (primary N) is 2. The maximum atomic E-state index is 11.9. The lowest BCUT2D eigenvalue weighted by Gasteiger charge is -2.27. The highest BCUT2D eigenvalue weighted by molar-refractivity contribution is 5.84. The molecule has 0 heterocycles. The fourth-order valence-corrected chi connectivity index (χ4v) is 1.00. The first-order chi connectivity index (χ1) is 6.04. The molecule has 0 aromatic rings. The second-order valence-corrected chi connectivity index (χ2v) is 3.57. The smallest absolute Gasteiger partial charge is 0.368 e. The quantitative estimate of drug-likeness (QED) is 0.672. The number of carbonyl (C=O) groups is 1. The molecule has 4 N–H and O–H groups in total. The molecule has 0 aromatic carbocycles. The summed E-state index contributed by atoms with van der Waals surface area (Å²) in [5, 5.41) is 0. The third-order valence-corrected chi connectivity index (χ3v) is 1.61. The number of likely N-dealkylation sites (N-methyl/N-ethyl adjacent to an activating group) is 1. The fraction of sp³-hybridized carbons (Fsp3) is 0.857. The predicted molar refractivity (Wildman–Crippen MR) is 45.3 cm³/mol. The van der Waals surface area contributed by atoms with E-state index in [4.69, 9.17) is 11.5 Å². The van der Waals surface area contributed by atoms with Crippen LogP contribution in [0.15, 0.2) is 0 Å². The van der Waals surface area contributed by atoms with Crippen LogP contribution in [0.5, 0.6) is 0 Å². The molecule has 0 saturated carbocycles. The molecule has 0 rings (SSSR count). The van der Waals surface area contributed by atoms with E-state index in [1.165, 1.54) is 14.0 Å². The molecule has 0 spiro atoms. The van der Waals surface area contributed by atoms with Gasteiger partial charge in [-0.3, -0.25) is 9.69 Å². The minimum atomic E-state index is -4.30. The Bertz CT molecular complexity index is 215. The molecule has 1 amide bonds. The van der Waals surface area contributed by atoms with Gasteiger partial charge in [-0.25, -0.2) is 0 Å². The molecule has 0 aliphatic heterocycles. The first-order valence-electron chi connectivity index (χ1n) is 3.89. The number of nitrogens with zero attached hydrogens (tertiary/aromatic N) is 1. The van der Waals surface area contributed by atoms with E-state index < -0.39 is 24.2 Å². The van der Waals surface area contributed by atoms with Crippen LogP contribution in [0.3, 0.4) is 0 Å². The normalized spacial score (nSPS) is 16.8. The SMILES string of the molecule is CN(CC(F)(F)F)CC(C)(N)C(N)=O. The molecule has 0 aliphatic rings. The molecular weight excluding hydrogens is 199 g/mol. The van der Waals surface area contributed by atoms with Crippen molar-refractivity contribution in [1.29, 1.82) is 0 Å². The van der Waals surface area contributed by atoms with Crippen LogP contribution in [0.25, 0.3) is 0 Å². The summed E-state index contributed by atoms with van der Waals surface area (Å²) in [4.78, 5) is 11.6. The number of carbonyl (C=O) groups excluding carboxylic acids is 1. The largest absolute Gasteiger partial charge is 0.401 e. The minimum Gasteiger partial charge on any atom is -0.368 e. The van der Waals surface area contributed by atoms with Crippen LogP contribution >= 0.6 is 0 Å². The van der Waals surface area contributed by atoms with Crippen molar-refractivity contribution in [2.24, 2.45) is 11.5 Å². The van der Waals surface area contributed by atoms with Crippen LogP contribution in [-0.4, -0.2) is 42.7 Å². The van der Waals surface area contributed by atoms with Gasteiger partial charge in [0.2, 0.25) is 5.91 Å². The van der Waals surface area contributed by atoms with Crippen LogP contribution in [-0.2, 0) is 4.79 Å². The van der Waals surface area contributed by atoms with Gasteiger partial charge in [-0.1, -0.05) is 0 Å². The molecule has 0 aromatic heterocycles. The third-order valence-electron chi connectivity index (χ3n) is 1.61. The Hall–Kier alpha value is -0.820. The van der Waals surface area contributed by atoms with Crippen LogP contribution in [0.4, 0.5) is 13.2 Å². The van der Waals surface area contributed by atoms with Crippen molar-refractivity contribution in [3.05, 3.63) is 0 Å². The molecular formula is C7H14F3N3O. The maximum Gasteiger partial charge on any atom is 0.401 e. The van der Waals surface area contributed by atoms with Gasteiger partial charge in [-0.15, -0.1) is 0 Å². The van der Waals surface area contributed by atoms with Crippen LogP contribution in [0.2, 0.25) is 0 Å². The highest BCUT2D eigenvalue weighted by atomic mass is 19.4. The van der Waals surface area contributed by atoms with E-state index in [0.717, 1.165) is 4.90 Å². The molecule has 0 fully saturated rings. The van der Waals surface area contributed by atoms with E-state index in [9.17, 15) is 18.0 Å². The summed E-state index contributed by atoms with van der Waals surface area (Å²) in [6.07, 6.45) is -4.30. The number of hydrogen-bond acceptors (Lipinski definition) is 3. The Morgan fingerprint density at radius 2 is 1.79 bits per heavy atom. The Morgan fingerprint density at radius 1 is 1.36 bits per heavy atom. The number of halogens is 3. The highest BCUT2D eigenvalue weighted by Gasteiger charge is 2.33. The van der Waals surface area contributed by atoms with Crippen molar-refractivity contribution in [3.8, 4) is 0 Å². The summed E-state index contributed by atoms with van der Waals surface area (Å²) in [6.45, 7) is -0.0584. The van der Waals surface area contributed by atoms with Gasteiger partial charge in [0.15, 0.2) is 0 Å². The molecule has 14 heavy (non-hydrogen) atoms. The molecule has 0 saturated heterocycles. The molecule has 0 aliphatic carbocycles. The molecule has 0 bridgehead atoms. The van der Waals surface area contributed by atoms with Crippen molar-refractivity contribution >= 4 is 5.91 Å². The molecule has 7 heteroatoms. The van der Waals surface area contributed by atoms with Gasteiger partial charge in [0.05, 0.1) is 6.54 Å². The number of hydrogen-bond donors (Lipinski definition) is 2. The number of alkyl halides is 3. The van der Waals surface area contributed by atoms with Crippen molar-refractivity contribution in [1.82, 2.24) is 4.90 Å². The molecule has 1 atom stereocenters. The highest BCUT2D eigenvalue weighted by Crippen LogP contribution is 2.16. The number of rotatable bonds is 4. The Balaban J connectivity index is 4.19. The van der Waals surface area contributed by atoms with Gasteiger partial charge >= 0.3 is 6.18 Å². The lowest BCUT2D eigenvalue weighted by atomic mass is 10.0. The van der Waals surface area contributed by atoms with Gasteiger partial charge in [0, 0.05) is 6.54 Å². The van der Waals surface area contributed by atoms with E-state index in [0.29, 0.717) is 0 Å². The second-order valence-electron chi connectivity index (χ2n) is 3.57. The van der Waals surface area contributed by atoms with Crippen LogP contribution < -0.4 is 11.5 Å². The summed E-state index contributed by atoms with van der Waals surface area (Å²) >= 11 is 0. The molecule has 1 unspecified atom stereocenters. The maximum absolute atomic E-state index is 11.9. The van der Waals surface area contributed by atoms with E-state index >= 15 is 0 Å². The van der Waals surface area contributed by atoms with Gasteiger partial charge in [0.1, 0.15) is 5.54 Å². The topological polar surface area (TPSA) is 72.3 Å². The monoisotopic (exact) mass is 213 g/mol. The number of amides is 1. The van der Waals surface area contributed by atoms with Crippen molar-refractivity contribution in [3.63, 3.8) is 0 Å². The van der Waals surface area contributed by atoms with E-state index in [2.05, 4.69) is 0 Å². The average molecular weight is 213 g/mol. The Labute approximate surface area is 80.0 Å². The lowest BCUT2D eigenvalue weighted by molar-refractivity contribution is -0.146. The van der Waals surface area contributed by atoms with Crippen molar-refractivity contribution in [2.75, 3.05) is 20.1 Å². The van der Waals surface area contributed by atoms with Gasteiger partial charge < -0.3 is 11.5 Å². The van der Waals surface area contributed by atoms with Crippen molar-refractivity contribution < 1.29 is 18.0 Å². The summed E-state index contributed by atoms with van der Waals surface area (Å²) < 4.78 is 35.7. The third kappa shape index (κ3) is 5.03. The Kier molecular flexibility index (Phi) is 3.90. The van der Waals surface area contributed by atoms with Gasteiger partial charge in [-0.05, 0) is 14.0 Å². The molecule has 0 radical (unpaired) electrons. The second kappa shape index (κ2) is 4.14. The summed E-state index contributed by atoms with van der Waals surface area (Å²) in [6, 6.07) is 0. The lowest BCUT2D eigenvalue weighted by Crippen LogP contribution is -2.57. The molecule has 84 valence electrons. The van der Waals surface area contributed by atoms with Gasteiger partial charge in [-0.2, -0.15) is 13.2 Å². The van der Waals surface area contributed by atoms with Gasteiger partial charge in [0.25, 0.3) is 0 Å². The standard InChI is InChI=1S/C7H14F3N3O/c1-6(12,5(11)14)3-13(2)4-7(8,9)10/h3-4,12H2,1-2H3,(H2,11,14). The predicted octanol–water partition coefficient (Wildman–Crippen LogP) is -0.317. The van der Waals surface area contributed by atoms with E-state index in [-0.39, 0.29) is 6.54 Å². The Morgan fingerprint density at radius 3 is 2.07 bits per heavy atom. The van der Waals surface area contributed by atoms with E-state index in [1.54, 1.807) is 0 Å².